The number of hydrogen-bond acceptors (Lipinski definition) is 6. The van der Waals surface area contributed by atoms with E-state index in [1.54, 1.807) is 0 Å². The molecule has 0 saturated carbocycles. The zero-order valence-electron chi connectivity index (χ0n) is 19.1. The maximum Gasteiger partial charge on any atom is 0.269 e. The quantitative estimate of drug-likeness (QED) is 0.161. The van der Waals surface area contributed by atoms with Crippen molar-refractivity contribution >= 4 is 22.7 Å². The fourth-order valence-corrected chi connectivity index (χ4v) is 3.92. The highest BCUT2D eigenvalue weighted by Crippen LogP contribution is 2.30. The van der Waals surface area contributed by atoms with Gasteiger partial charge in [-0.15, -0.1) is 5.11 Å². The lowest BCUT2D eigenvalue weighted by atomic mass is 10.1. The Bertz CT molecular complexity index is 921. The van der Waals surface area contributed by atoms with Crippen molar-refractivity contribution < 1.29 is 13.7 Å². The van der Waals surface area contributed by atoms with Gasteiger partial charge in [0, 0.05) is 44.0 Å². The van der Waals surface area contributed by atoms with E-state index in [1.807, 2.05) is 4.90 Å². The lowest BCUT2D eigenvalue weighted by Gasteiger charge is -2.36. The number of unbranched alkanes of at least 4 members (excludes halogenated alkanes) is 5. The summed E-state index contributed by atoms with van der Waals surface area (Å²) < 4.78 is 29.2. The van der Waals surface area contributed by atoms with Crippen LogP contribution in [0.2, 0.25) is 0 Å². The minimum Gasteiger partial charge on any atom is -0.369 e. The molecule has 1 aliphatic heterocycles. The van der Waals surface area contributed by atoms with Crippen LogP contribution < -0.4 is 4.90 Å². The van der Waals surface area contributed by atoms with Gasteiger partial charge >= 0.3 is 0 Å². The van der Waals surface area contributed by atoms with Crippen molar-refractivity contribution in [2.45, 2.75) is 45.4 Å². The van der Waals surface area contributed by atoms with Gasteiger partial charge in [-0.3, -0.25) is 15.0 Å². The second-order valence-corrected chi connectivity index (χ2v) is 8.33. The molecule has 178 valence electrons. The molecule has 0 amide bonds. The maximum atomic E-state index is 14.6. The van der Waals surface area contributed by atoms with Gasteiger partial charge in [0.05, 0.1) is 10.6 Å². The molecule has 2 aromatic rings. The molecule has 1 saturated heterocycles. The normalized spacial score (nSPS) is 14.8. The third kappa shape index (κ3) is 7.28. The molecular formula is C24H31F2N5O2. The zero-order valence-corrected chi connectivity index (χ0v) is 19.1. The van der Waals surface area contributed by atoms with Crippen LogP contribution in [0.25, 0.3) is 0 Å². The van der Waals surface area contributed by atoms with Crippen LogP contribution in [-0.2, 0) is 0 Å². The average molecular weight is 460 g/mol. The predicted molar refractivity (Wildman–Crippen MR) is 126 cm³/mol. The number of piperazine rings is 1. The van der Waals surface area contributed by atoms with Crippen LogP contribution in [-0.4, -0.2) is 42.5 Å². The van der Waals surface area contributed by atoms with Crippen molar-refractivity contribution in [3.8, 4) is 0 Å². The summed E-state index contributed by atoms with van der Waals surface area (Å²) in [6, 6.07) is 7.84. The van der Waals surface area contributed by atoms with Crippen LogP contribution in [0.3, 0.4) is 0 Å². The third-order valence-corrected chi connectivity index (χ3v) is 5.89. The van der Waals surface area contributed by atoms with Crippen molar-refractivity contribution in [1.82, 2.24) is 4.90 Å². The first kappa shape index (κ1) is 24.7. The average Bonchev–Trinajstić information content (AvgIpc) is 2.81. The highest BCUT2D eigenvalue weighted by molar-refractivity contribution is 5.55. The summed E-state index contributed by atoms with van der Waals surface area (Å²) in [5.74, 6) is -1.57. The molecule has 9 heteroatoms. The van der Waals surface area contributed by atoms with Crippen LogP contribution in [0.4, 0.5) is 31.5 Å². The molecule has 0 bridgehead atoms. The first-order valence-corrected chi connectivity index (χ1v) is 11.6. The molecule has 1 heterocycles. The molecule has 0 radical (unpaired) electrons. The monoisotopic (exact) mass is 459 g/mol. The van der Waals surface area contributed by atoms with E-state index in [0.29, 0.717) is 5.69 Å². The Hall–Kier alpha value is -2.94. The summed E-state index contributed by atoms with van der Waals surface area (Å²) in [6.07, 6.45) is 7.62. The number of nitro benzene ring substituents is 1. The number of anilines is 1. The Labute approximate surface area is 193 Å². The largest absolute Gasteiger partial charge is 0.369 e. The van der Waals surface area contributed by atoms with Gasteiger partial charge in [-0.1, -0.05) is 39.0 Å². The number of nitro groups is 1. The summed E-state index contributed by atoms with van der Waals surface area (Å²) in [7, 11) is 0. The standard InChI is InChI=1S/C24H31F2N5O2/c1-2-3-4-5-6-7-12-29-13-15-30(16-14-29)21-17-22(25)24(23(26)18-21)28-27-19-8-10-20(11-9-19)31(32)33/h8-11,17-18H,2-7,12-16H2,1H3. The first-order chi connectivity index (χ1) is 16.0. The molecule has 0 spiro atoms. The van der Waals surface area contributed by atoms with Gasteiger partial charge < -0.3 is 4.90 Å². The van der Waals surface area contributed by atoms with Crippen molar-refractivity contribution in [3.05, 3.63) is 58.1 Å². The molecule has 1 fully saturated rings. The van der Waals surface area contributed by atoms with Gasteiger partial charge in [-0.2, -0.15) is 5.11 Å². The number of benzene rings is 2. The number of azo groups is 1. The smallest absolute Gasteiger partial charge is 0.269 e. The summed E-state index contributed by atoms with van der Waals surface area (Å²) in [5.41, 5.74) is 0.199. The van der Waals surface area contributed by atoms with Gasteiger partial charge in [0.2, 0.25) is 0 Å². The SMILES string of the molecule is CCCCCCCCN1CCN(c2cc(F)c(N=Nc3ccc([N+](=O)[O-])cc3)c(F)c2)CC1. The summed E-state index contributed by atoms with van der Waals surface area (Å²) in [6.45, 7) is 6.48. The van der Waals surface area contributed by atoms with Crippen LogP contribution >= 0.6 is 0 Å². The fraction of sp³-hybridized carbons (Fsp3) is 0.500. The van der Waals surface area contributed by atoms with E-state index < -0.39 is 22.2 Å². The molecule has 3 rings (SSSR count). The Morgan fingerprint density at radius 3 is 2.12 bits per heavy atom. The Balaban J connectivity index is 1.53. The van der Waals surface area contributed by atoms with Crippen molar-refractivity contribution in [1.29, 1.82) is 0 Å². The van der Waals surface area contributed by atoms with Crippen molar-refractivity contribution in [2.75, 3.05) is 37.6 Å². The van der Waals surface area contributed by atoms with Gasteiger partial charge in [0.25, 0.3) is 5.69 Å². The highest BCUT2D eigenvalue weighted by atomic mass is 19.1. The highest BCUT2D eigenvalue weighted by Gasteiger charge is 2.20. The summed E-state index contributed by atoms with van der Waals surface area (Å²) in [5, 5.41) is 18.2. The van der Waals surface area contributed by atoms with E-state index in [0.717, 1.165) is 32.7 Å². The summed E-state index contributed by atoms with van der Waals surface area (Å²) in [4.78, 5) is 14.6. The molecule has 0 N–H and O–H groups in total. The van der Waals surface area contributed by atoms with E-state index in [2.05, 4.69) is 22.1 Å². The molecule has 1 aliphatic rings. The molecule has 0 unspecified atom stereocenters. The van der Waals surface area contributed by atoms with Crippen molar-refractivity contribution in [3.63, 3.8) is 0 Å². The minimum atomic E-state index is -0.787. The van der Waals surface area contributed by atoms with Gasteiger partial charge in [-0.05, 0) is 37.2 Å². The maximum absolute atomic E-state index is 14.6. The van der Waals surface area contributed by atoms with Gasteiger partial charge in [-0.25, -0.2) is 8.78 Å². The third-order valence-electron chi connectivity index (χ3n) is 5.89. The molecule has 2 aromatic carbocycles. The number of nitrogens with zero attached hydrogens (tertiary/aromatic N) is 5. The van der Waals surface area contributed by atoms with Crippen LogP contribution in [0.1, 0.15) is 45.4 Å². The summed E-state index contributed by atoms with van der Waals surface area (Å²) >= 11 is 0. The van der Waals surface area contributed by atoms with Gasteiger partial charge in [0.1, 0.15) is 0 Å². The molecule has 0 aromatic heterocycles. The molecule has 33 heavy (non-hydrogen) atoms. The Morgan fingerprint density at radius 2 is 1.52 bits per heavy atom. The molecule has 0 aliphatic carbocycles. The second kappa shape index (κ2) is 12.3. The van der Waals surface area contributed by atoms with Crippen molar-refractivity contribution in [2.24, 2.45) is 10.2 Å². The topological polar surface area (TPSA) is 74.3 Å². The van der Waals surface area contributed by atoms with Crippen LogP contribution in [0, 0.1) is 21.7 Å². The lowest BCUT2D eigenvalue weighted by Crippen LogP contribution is -2.46. The number of rotatable bonds is 11. The predicted octanol–water partition coefficient (Wildman–Crippen LogP) is 6.77. The van der Waals surface area contributed by atoms with Crippen LogP contribution in [0.5, 0.6) is 0 Å². The van der Waals surface area contributed by atoms with E-state index in [1.165, 1.54) is 74.9 Å². The first-order valence-electron chi connectivity index (χ1n) is 11.6. The second-order valence-electron chi connectivity index (χ2n) is 8.33. The Morgan fingerprint density at radius 1 is 0.909 bits per heavy atom. The number of non-ortho nitro benzene ring substituents is 1. The van der Waals surface area contributed by atoms with E-state index in [9.17, 15) is 18.9 Å². The van der Waals surface area contributed by atoms with E-state index in [-0.39, 0.29) is 11.4 Å². The molecule has 7 nitrogen and oxygen atoms in total. The van der Waals surface area contributed by atoms with Gasteiger partial charge in [0.15, 0.2) is 17.3 Å². The molecule has 0 atom stereocenters. The fourth-order valence-electron chi connectivity index (χ4n) is 3.92. The number of hydrogen-bond donors (Lipinski definition) is 0. The molecular weight excluding hydrogens is 428 g/mol. The lowest BCUT2D eigenvalue weighted by molar-refractivity contribution is -0.384. The zero-order chi connectivity index (χ0) is 23.6. The van der Waals surface area contributed by atoms with E-state index >= 15 is 0 Å². The van der Waals surface area contributed by atoms with Crippen LogP contribution in [0.15, 0.2) is 46.6 Å². The van der Waals surface area contributed by atoms with E-state index in [4.69, 9.17) is 0 Å². The minimum absolute atomic E-state index is 0.0947. The Kier molecular flexibility index (Phi) is 9.24. The number of halogens is 2.